The van der Waals surface area contributed by atoms with Gasteiger partial charge in [0.2, 0.25) is 0 Å². The summed E-state index contributed by atoms with van der Waals surface area (Å²) in [5.41, 5.74) is -0.0677. The van der Waals surface area contributed by atoms with Gasteiger partial charge in [-0.25, -0.2) is 0 Å². The molecule has 5 heteroatoms. The zero-order valence-electron chi connectivity index (χ0n) is 8.40. The van der Waals surface area contributed by atoms with Crippen LogP contribution in [0.4, 0.5) is 0 Å². The zero-order chi connectivity index (χ0) is 9.84. The van der Waals surface area contributed by atoms with Gasteiger partial charge in [0.25, 0.3) is 0 Å². The fourth-order valence-corrected chi connectivity index (χ4v) is 1.70. The van der Waals surface area contributed by atoms with Crippen LogP contribution in [0.5, 0.6) is 0 Å². The van der Waals surface area contributed by atoms with E-state index in [1.165, 1.54) is 0 Å². The van der Waals surface area contributed by atoms with Crippen molar-refractivity contribution in [3.8, 4) is 0 Å². The number of thiol groups is 1. The number of ether oxygens (including phenoxy) is 3. The maximum Gasteiger partial charge on any atom is 0.142 e. The lowest BCUT2D eigenvalue weighted by molar-refractivity contribution is -0.0510. The van der Waals surface area contributed by atoms with E-state index in [0.29, 0.717) is 13.2 Å². The van der Waals surface area contributed by atoms with Crippen LogP contribution < -0.4 is 0 Å². The molecule has 0 bridgehead atoms. The van der Waals surface area contributed by atoms with E-state index in [1.807, 2.05) is 21.7 Å². The van der Waals surface area contributed by atoms with Gasteiger partial charge < -0.3 is 14.2 Å². The van der Waals surface area contributed by atoms with Gasteiger partial charge >= 0.3 is 0 Å². The number of rotatable bonds is 4. The Hall–Kier alpha value is 0.295. The summed E-state index contributed by atoms with van der Waals surface area (Å²) in [6, 6.07) is 0.122. The minimum atomic E-state index is -0.0677. The molecule has 1 aliphatic rings. The lowest BCUT2D eigenvalue weighted by atomic mass is 9.93. The Morgan fingerprint density at radius 2 is 2.38 bits per heavy atom. The van der Waals surface area contributed by atoms with E-state index in [0.717, 1.165) is 0 Å². The number of hydrogen-bond acceptors (Lipinski definition) is 4. The summed E-state index contributed by atoms with van der Waals surface area (Å²) in [5, 5.41) is 0. The van der Waals surface area contributed by atoms with E-state index < -0.39 is 0 Å². The molecule has 1 saturated heterocycles. The highest BCUT2D eigenvalue weighted by Gasteiger charge is 2.36. The zero-order valence-corrected chi connectivity index (χ0v) is 9.29. The predicted octanol–water partition coefficient (Wildman–Crippen LogP) is 0.0419. The van der Waals surface area contributed by atoms with E-state index >= 15 is 0 Å². The molecule has 0 amide bonds. The second-order valence-corrected chi connectivity index (χ2v) is 3.96. The molecule has 3 nitrogen and oxygen atoms in total. The third kappa shape index (κ3) is 3.16. The average Bonchev–Trinajstić information content (AvgIpc) is 2.35. The van der Waals surface area contributed by atoms with Crippen LogP contribution >= 0.6 is 12.6 Å². The SMILES string of the molecule is B[C@@H]1OCC(OC(C)S)C1OCC. The fourth-order valence-electron chi connectivity index (χ4n) is 1.54. The Balaban J connectivity index is 2.43. The Morgan fingerprint density at radius 1 is 1.69 bits per heavy atom. The highest BCUT2D eigenvalue weighted by Crippen LogP contribution is 2.20. The topological polar surface area (TPSA) is 27.7 Å². The van der Waals surface area contributed by atoms with Crippen molar-refractivity contribution in [3.05, 3.63) is 0 Å². The van der Waals surface area contributed by atoms with Gasteiger partial charge in [-0.15, -0.1) is 12.6 Å². The Kier molecular flexibility index (Phi) is 4.59. The van der Waals surface area contributed by atoms with Crippen LogP contribution in [-0.4, -0.2) is 44.7 Å². The molecule has 13 heavy (non-hydrogen) atoms. The lowest BCUT2D eigenvalue weighted by Gasteiger charge is -2.22. The lowest BCUT2D eigenvalue weighted by Crippen LogP contribution is -2.36. The highest BCUT2D eigenvalue weighted by molar-refractivity contribution is 7.80. The van der Waals surface area contributed by atoms with Crippen LogP contribution in [0.15, 0.2) is 0 Å². The van der Waals surface area contributed by atoms with Gasteiger partial charge in [-0.2, -0.15) is 0 Å². The summed E-state index contributed by atoms with van der Waals surface area (Å²) in [5.74, 6) is 0. The Morgan fingerprint density at radius 3 is 2.92 bits per heavy atom. The monoisotopic (exact) mass is 204 g/mol. The Labute approximate surface area is 85.9 Å². The van der Waals surface area contributed by atoms with Gasteiger partial charge in [-0.05, 0) is 13.8 Å². The van der Waals surface area contributed by atoms with Crippen LogP contribution in [-0.2, 0) is 14.2 Å². The van der Waals surface area contributed by atoms with Crippen molar-refractivity contribution in [2.45, 2.75) is 37.5 Å². The van der Waals surface area contributed by atoms with E-state index in [1.54, 1.807) is 0 Å². The van der Waals surface area contributed by atoms with Gasteiger partial charge in [0.05, 0.1) is 18.0 Å². The molecule has 1 aliphatic heterocycles. The smallest absolute Gasteiger partial charge is 0.142 e. The molecule has 4 atom stereocenters. The van der Waals surface area contributed by atoms with Crippen LogP contribution in [0.3, 0.4) is 0 Å². The van der Waals surface area contributed by atoms with Gasteiger partial charge in [-0.1, -0.05) is 0 Å². The molecule has 0 radical (unpaired) electrons. The minimum absolute atomic E-state index is 0.0300. The summed E-state index contributed by atoms with van der Waals surface area (Å²) in [7, 11) is 2.01. The average molecular weight is 204 g/mol. The van der Waals surface area contributed by atoms with Gasteiger partial charge in [0.15, 0.2) is 0 Å². The van der Waals surface area contributed by atoms with E-state index in [9.17, 15) is 0 Å². The first kappa shape index (κ1) is 11.4. The predicted molar refractivity (Wildman–Crippen MR) is 57.0 cm³/mol. The minimum Gasteiger partial charge on any atom is -0.382 e. The third-order valence-electron chi connectivity index (χ3n) is 2.08. The van der Waals surface area contributed by atoms with Crippen molar-refractivity contribution < 1.29 is 14.2 Å². The maximum absolute atomic E-state index is 5.56. The van der Waals surface area contributed by atoms with Gasteiger partial charge in [0.1, 0.15) is 20.1 Å². The second-order valence-electron chi connectivity index (χ2n) is 3.23. The van der Waals surface area contributed by atoms with E-state index in [-0.39, 0.29) is 23.6 Å². The molecule has 0 saturated carbocycles. The standard InChI is InChI=1S/C8H17BO3S/c1-3-10-7-6(12-5(2)13)4-11-8(7)9/h5-8,13H,3-4,9H2,1-2H3/t5?,6?,7?,8-/m1/s1. The van der Waals surface area contributed by atoms with Crippen LogP contribution in [0.1, 0.15) is 13.8 Å². The summed E-state index contributed by atoms with van der Waals surface area (Å²) >= 11 is 4.18. The van der Waals surface area contributed by atoms with Crippen molar-refractivity contribution in [1.82, 2.24) is 0 Å². The molecule has 0 aromatic rings. The summed E-state index contributed by atoms with van der Waals surface area (Å²) in [6.45, 7) is 5.18. The van der Waals surface area contributed by atoms with E-state index in [4.69, 9.17) is 14.2 Å². The molecule has 76 valence electrons. The third-order valence-corrected chi connectivity index (χ3v) is 2.21. The largest absolute Gasteiger partial charge is 0.382 e. The maximum atomic E-state index is 5.56. The second kappa shape index (κ2) is 5.24. The first-order valence-electron chi connectivity index (χ1n) is 4.72. The highest BCUT2D eigenvalue weighted by atomic mass is 32.1. The fraction of sp³-hybridized carbons (Fsp3) is 1.00. The van der Waals surface area contributed by atoms with Gasteiger partial charge in [-0.3, -0.25) is 0 Å². The molecule has 0 aliphatic carbocycles. The molecule has 1 rings (SSSR count). The molecule has 0 aromatic heterocycles. The first-order valence-corrected chi connectivity index (χ1v) is 5.23. The van der Waals surface area contributed by atoms with Crippen LogP contribution in [0, 0.1) is 0 Å². The van der Waals surface area contributed by atoms with Crippen molar-refractivity contribution in [2.75, 3.05) is 13.2 Å². The van der Waals surface area contributed by atoms with Crippen molar-refractivity contribution in [2.24, 2.45) is 0 Å². The molecule has 0 N–H and O–H groups in total. The van der Waals surface area contributed by atoms with Gasteiger partial charge in [0, 0.05) is 6.61 Å². The van der Waals surface area contributed by atoms with Crippen molar-refractivity contribution >= 4 is 20.5 Å². The summed E-state index contributed by atoms with van der Waals surface area (Å²) in [4.78, 5) is 0. The van der Waals surface area contributed by atoms with E-state index in [2.05, 4.69) is 12.6 Å². The normalized spacial score (nSPS) is 36.4. The molecule has 0 aromatic carbocycles. The van der Waals surface area contributed by atoms with Crippen LogP contribution in [0.25, 0.3) is 0 Å². The van der Waals surface area contributed by atoms with Crippen molar-refractivity contribution in [1.29, 1.82) is 0 Å². The number of hydrogen-bond donors (Lipinski definition) is 1. The molecular weight excluding hydrogens is 187 g/mol. The summed E-state index contributed by atoms with van der Waals surface area (Å²) < 4.78 is 16.6. The quantitative estimate of drug-likeness (QED) is 0.398. The molecular formula is C8H17BO3S. The molecule has 0 spiro atoms. The first-order chi connectivity index (χ1) is 6.15. The molecule has 3 unspecified atom stereocenters. The van der Waals surface area contributed by atoms with Crippen molar-refractivity contribution in [3.63, 3.8) is 0 Å². The Bertz CT molecular complexity index is 156. The van der Waals surface area contributed by atoms with Crippen LogP contribution in [0.2, 0.25) is 0 Å². The molecule has 1 heterocycles. The summed E-state index contributed by atoms with van der Waals surface area (Å²) in [6.07, 6.45) is 0.0852. The molecule has 1 fully saturated rings.